The second-order valence-corrected chi connectivity index (χ2v) is 4.81. The zero-order chi connectivity index (χ0) is 13.9. The molecular weight excluding hydrogens is 254 g/mol. The van der Waals surface area contributed by atoms with Gasteiger partial charge in [0.2, 0.25) is 0 Å². The lowest BCUT2D eigenvalue weighted by atomic mass is 10.2. The number of carbonyl (C=O) groups excluding carboxylic acids is 1. The second kappa shape index (κ2) is 5.24. The molecule has 1 saturated heterocycles. The zero-order valence-electron chi connectivity index (χ0n) is 11.3. The summed E-state index contributed by atoms with van der Waals surface area (Å²) in [5, 5.41) is 10.3. The van der Waals surface area contributed by atoms with Gasteiger partial charge in [-0.15, -0.1) is 0 Å². The van der Waals surface area contributed by atoms with E-state index in [1.807, 2.05) is 43.7 Å². The van der Waals surface area contributed by atoms with E-state index in [-0.39, 0.29) is 6.03 Å². The summed E-state index contributed by atoms with van der Waals surface area (Å²) < 4.78 is 1.78. The van der Waals surface area contributed by atoms with E-state index in [1.54, 1.807) is 9.58 Å². The minimum atomic E-state index is -0.0268. The van der Waals surface area contributed by atoms with E-state index in [1.165, 1.54) is 0 Å². The number of rotatable bonds is 4. The molecule has 1 aromatic carbocycles. The molecule has 3 rings (SSSR count). The van der Waals surface area contributed by atoms with Crippen LogP contribution in [0.4, 0.5) is 16.2 Å². The van der Waals surface area contributed by atoms with Crippen molar-refractivity contribution in [2.45, 2.75) is 6.54 Å². The number of nitrogens with one attached hydrogen (secondary N) is 2. The summed E-state index contributed by atoms with van der Waals surface area (Å²) >= 11 is 0. The quantitative estimate of drug-likeness (QED) is 0.887. The minimum Gasteiger partial charge on any atom is -0.381 e. The monoisotopic (exact) mass is 271 g/mol. The van der Waals surface area contributed by atoms with Crippen molar-refractivity contribution in [3.8, 4) is 0 Å². The molecule has 1 aliphatic heterocycles. The molecule has 20 heavy (non-hydrogen) atoms. The lowest BCUT2D eigenvalue weighted by molar-refractivity contribution is 0.252. The van der Waals surface area contributed by atoms with Crippen LogP contribution in [0.25, 0.3) is 0 Å². The van der Waals surface area contributed by atoms with Gasteiger partial charge in [-0.05, 0) is 24.3 Å². The smallest absolute Gasteiger partial charge is 0.321 e. The van der Waals surface area contributed by atoms with E-state index in [4.69, 9.17) is 0 Å². The van der Waals surface area contributed by atoms with Crippen LogP contribution < -0.4 is 15.5 Å². The van der Waals surface area contributed by atoms with Crippen molar-refractivity contribution in [2.24, 2.45) is 7.05 Å². The Bertz CT molecular complexity index is 604. The van der Waals surface area contributed by atoms with Crippen molar-refractivity contribution in [1.29, 1.82) is 0 Å². The SMILES string of the molecule is Cn1cc(CNc2ccc(N3CCNC3=O)cc2)cn1. The van der Waals surface area contributed by atoms with Crippen molar-refractivity contribution in [2.75, 3.05) is 23.3 Å². The molecule has 0 atom stereocenters. The van der Waals surface area contributed by atoms with E-state index < -0.39 is 0 Å². The number of benzene rings is 1. The van der Waals surface area contributed by atoms with Crippen LogP contribution in [0.15, 0.2) is 36.7 Å². The zero-order valence-corrected chi connectivity index (χ0v) is 11.3. The van der Waals surface area contributed by atoms with Gasteiger partial charge < -0.3 is 10.6 Å². The Morgan fingerprint density at radius 3 is 2.75 bits per heavy atom. The van der Waals surface area contributed by atoms with Crippen LogP contribution >= 0.6 is 0 Å². The molecule has 0 spiro atoms. The maximum Gasteiger partial charge on any atom is 0.321 e. The Kier molecular flexibility index (Phi) is 3.28. The molecule has 2 aromatic rings. The van der Waals surface area contributed by atoms with Crippen LogP contribution in [0.1, 0.15) is 5.56 Å². The van der Waals surface area contributed by atoms with E-state index in [0.29, 0.717) is 6.54 Å². The van der Waals surface area contributed by atoms with Gasteiger partial charge in [0.25, 0.3) is 0 Å². The van der Waals surface area contributed by atoms with E-state index in [2.05, 4.69) is 15.7 Å². The molecule has 2 heterocycles. The highest BCUT2D eigenvalue weighted by atomic mass is 16.2. The molecule has 6 nitrogen and oxygen atoms in total. The molecule has 0 bridgehead atoms. The molecule has 2 amide bonds. The summed E-state index contributed by atoms with van der Waals surface area (Å²) in [6.45, 7) is 2.17. The lowest BCUT2D eigenvalue weighted by Crippen LogP contribution is -2.27. The Morgan fingerprint density at radius 1 is 1.35 bits per heavy atom. The first kappa shape index (κ1) is 12.5. The van der Waals surface area contributed by atoms with Crippen LogP contribution in [-0.2, 0) is 13.6 Å². The van der Waals surface area contributed by atoms with E-state index in [9.17, 15) is 4.79 Å². The fourth-order valence-corrected chi connectivity index (χ4v) is 2.24. The van der Waals surface area contributed by atoms with Crippen molar-refractivity contribution in [3.05, 3.63) is 42.2 Å². The maximum atomic E-state index is 11.6. The van der Waals surface area contributed by atoms with Crippen molar-refractivity contribution in [3.63, 3.8) is 0 Å². The van der Waals surface area contributed by atoms with Crippen LogP contribution in [0.3, 0.4) is 0 Å². The predicted molar refractivity (Wildman–Crippen MR) is 77.7 cm³/mol. The average molecular weight is 271 g/mol. The Labute approximate surface area is 117 Å². The largest absolute Gasteiger partial charge is 0.381 e. The maximum absolute atomic E-state index is 11.6. The molecule has 104 valence electrons. The summed E-state index contributed by atoms with van der Waals surface area (Å²) in [6.07, 6.45) is 3.83. The molecule has 0 radical (unpaired) electrons. The van der Waals surface area contributed by atoms with Gasteiger partial charge in [-0.1, -0.05) is 0 Å². The molecular formula is C14H17N5O. The second-order valence-electron chi connectivity index (χ2n) is 4.81. The number of hydrogen-bond acceptors (Lipinski definition) is 3. The standard InChI is InChI=1S/C14H17N5O/c1-18-10-11(9-17-18)8-16-12-2-4-13(5-3-12)19-7-6-15-14(19)20/h2-5,9-10,16H,6-8H2,1H3,(H,15,20). The normalized spacial score (nSPS) is 14.4. The van der Waals surface area contributed by atoms with Gasteiger partial charge in [0, 0.05) is 49.8 Å². The van der Waals surface area contributed by atoms with E-state index in [0.717, 1.165) is 30.0 Å². The summed E-state index contributed by atoms with van der Waals surface area (Å²) in [5.74, 6) is 0. The third-order valence-corrected chi connectivity index (χ3v) is 3.29. The molecule has 0 aliphatic carbocycles. The third kappa shape index (κ3) is 2.59. The first-order valence-corrected chi connectivity index (χ1v) is 6.59. The summed E-state index contributed by atoms with van der Waals surface area (Å²) in [6, 6.07) is 7.85. The summed E-state index contributed by atoms with van der Waals surface area (Å²) in [5.41, 5.74) is 3.08. The molecule has 0 saturated carbocycles. The number of anilines is 2. The molecule has 1 aromatic heterocycles. The van der Waals surface area contributed by atoms with Gasteiger partial charge in [-0.2, -0.15) is 5.10 Å². The van der Waals surface area contributed by atoms with Crippen LogP contribution in [0, 0.1) is 0 Å². The molecule has 0 unspecified atom stereocenters. The van der Waals surface area contributed by atoms with Gasteiger partial charge in [-0.25, -0.2) is 4.79 Å². The van der Waals surface area contributed by atoms with Crippen molar-refractivity contribution < 1.29 is 4.79 Å². The van der Waals surface area contributed by atoms with Crippen molar-refractivity contribution in [1.82, 2.24) is 15.1 Å². The molecule has 1 aliphatic rings. The number of aryl methyl sites for hydroxylation is 1. The predicted octanol–water partition coefficient (Wildman–Crippen LogP) is 1.56. The van der Waals surface area contributed by atoms with Crippen molar-refractivity contribution >= 4 is 17.4 Å². The lowest BCUT2D eigenvalue weighted by Gasteiger charge is -2.14. The number of urea groups is 1. The topological polar surface area (TPSA) is 62.2 Å². The number of amides is 2. The van der Waals surface area contributed by atoms with Gasteiger partial charge in [-0.3, -0.25) is 9.58 Å². The van der Waals surface area contributed by atoms with Crippen LogP contribution in [0.5, 0.6) is 0 Å². The highest BCUT2D eigenvalue weighted by Gasteiger charge is 2.20. The average Bonchev–Trinajstić information content (AvgIpc) is 3.06. The fraction of sp³-hybridized carbons (Fsp3) is 0.286. The van der Waals surface area contributed by atoms with Gasteiger partial charge in [0.05, 0.1) is 6.20 Å². The molecule has 6 heteroatoms. The Morgan fingerprint density at radius 2 is 2.15 bits per heavy atom. The van der Waals surface area contributed by atoms with Gasteiger partial charge >= 0.3 is 6.03 Å². The fourth-order valence-electron chi connectivity index (χ4n) is 2.24. The number of nitrogens with zero attached hydrogens (tertiary/aromatic N) is 3. The van der Waals surface area contributed by atoms with Gasteiger partial charge in [0.15, 0.2) is 0 Å². The molecule has 2 N–H and O–H groups in total. The number of hydrogen-bond donors (Lipinski definition) is 2. The third-order valence-electron chi connectivity index (χ3n) is 3.29. The summed E-state index contributed by atoms with van der Waals surface area (Å²) in [4.78, 5) is 13.3. The molecule has 1 fully saturated rings. The number of aromatic nitrogens is 2. The first-order valence-electron chi connectivity index (χ1n) is 6.59. The Hall–Kier alpha value is -2.50. The first-order chi connectivity index (χ1) is 9.72. The van der Waals surface area contributed by atoms with Crippen LogP contribution in [0.2, 0.25) is 0 Å². The summed E-state index contributed by atoms with van der Waals surface area (Å²) in [7, 11) is 1.90. The van der Waals surface area contributed by atoms with Crippen LogP contribution in [-0.4, -0.2) is 28.9 Å². The van der Waals surface area contributed by atoms with Gasteiger partial charge in [0.1, 0.15) is 0 Å². The highest BCUT2D eigenvalue weighted by molar-refractivity contribution is 5.94. The Balaban J connectivity index is 1.62. The van der Waals surface area contributed by atoms with E-state index >= 15 is 0 Å². The highest BCUT2D eigenvalue weighted by Crippen LogP contribution is 2.19. The number of carbonyl (C=O) groups is 1. The minimum absolute atomic E-state index is 0.0268.